The van der Waals surface area contributed by atoms with Gasteiger partial charge in [-0.2, -0.15) is 0 Å². The van der Waals surface area contributed by atoms with Crippen LogP contribution in [-0.2, 0) is 4.79 Å². The lowest BCUT2D eigenvalue weighted by Crippen LogP contribution is -2.33. The highest BCUT2D eigenvalue weighted by molar-refractivity contribution is 9.09. The van der Waals surface area contributed by atoms with E-state index in [1.54, 1.807) is 36.4 Å². The smallest absolute Gasteiger partial charge is 0.238 e. The molecular weight excluding hydrogens is 414 g/mol. The van der Waals surface area contributed by atoms with Gasteiger partial charge in [0, 0.05) is 11.1 Å². The summed E-state index contributed by atoms with van der Waals surface area (Å²) >= 11 is 3.17. The summed E-state index contributed by atoms with van der Waals surface area (Å²) in [7, 11) is 0. The van der Waals surface area contributed by atoms with E-state index in [-0.39, 0.29) is 23.6 Å². The number of hydrogen-bond acceptors (Lipinski definition) is 2. The van der Waals surface area contributed by atoms with Crippen molar-refractivity contribution in [3.05, 3.63) is 90.0 Å². The number of carbonyl (C=O) groups excluding carboxylic acids is 2. The second-order valence-corrected chi connectivity index (χ2v) is 6.67. The van der Waals surface area contributed by atoms with Gasteiger partial charge < -0.3 is 0 Å². The van der Waals surface area contributed by atoms with Gasteiger partial charge in [0.25, 0.3) is 0 Å². The van der Waals surface area contributed by atoms with Gasteiger partial charge in [-0.05, 0) is 23.3 Å². The van der Waals surface area contributed by atoms with Gasteiger partial charge in [0.2, 0.25) is 5.91 Å². The van der Waals surface area contributed by atoms with E-state index in [9.17, 15) is 9.59 Å². The molecule has 3 aromatic rings. The van der Waals surface area contributed by atoms with Crippen LogP contribution in [0.15, 0.2) is 78.9 Å². The quantitative estimate of drug-likeness (QED) is 0.314. The van der Waals surface area contributed by atoms with Crippen molar-refractivity contribution < 1.29 is 9.59 Å². The Morgan fingerprint density at radius 1 is 0.857 bits per heavy atom. The number of amides is 1. The Morgan fingerprint density at radius 3 is 2.11 bits per heavy atom. The Bertz CT molecular complexity index is 1020. The van der Waals surface area contributed by atoms with E-state index in [2.05, 4.69) is 21.9 Å². The van der Waals surface area contributed by atoms with Crippen molar-refractivity contribution in [1.82, 2.24) is 0 Å². The van der Waals surface area contributed by atoms with Crippen molar-refractivity contribution in [1.29, 1.82) is 0 Å². The number of alkyl halides is 1. The van der Waals surface area contributed by atoms with E-state index in [0.29, 0.717) is 16.8 Å². The Hall–Kier alpha value is -3.16. The lowest BCUT2D eigenvalue weighted by molar-refractivity contribution is -0.115. The second-order valence-electron chi connectivity index (χ2n) is 6.11. The summed E-state index contributed by atoms with van der Waals surface area (Å²) in [5.41, 5.74) is 3.64. The van der Waals surface area contributed by atoms with Gasteiger partial charge in [-0.1, -0.05) is 88.6 Å². The predicted octanol–water partition coefficient (Wildman–Crippen LogP) is 4.95. The third-order valence-corrected chi connectivity index (χ3v) is 4.84. The molecule has 0 aliphatic heterocycles. The van der Waals surface area contributed by atoms with Gasteiger partial charge in [-0.25, -0.2) is 0 Å². The molecule has 0 radical (unpaired) electrons. The van der Waals surface area contributed by atoms with E-state index in [0.717, 1.165) is 11.1 Å². The number of ketones is 1. The first-order valence-corrected chi connectivity index (χ1v) is 9.87. The van der Waals surface area contributed by atoms with Crippen molar-refractivity contribution in [2.45, 2.75) is 0 Å². The molecule has 3 aromatic carbocycles. The van der Waals surface area contributed by atoms with Crippen molar-refractivity contribution >= 4 is 33.3 Å². The highest BCUT2D eigenvalue weighted by Crippen LogP contribution is 2.25. The molecule has 0 aromatic heterocycles. The van der Waals surface area contributed by atoms with Crippen LogP contribution in [0.3, 0.4) is 0 Å². The largest absolute Gasteiger partial charge is 0.299 e. The predicted molar refractivity (Wildman–Crippen MR) is 117 cm³/mol. The first-order chi connectivity index (χ1) is 13.7. The highest BCUT2D eigenvalue weighted by atomic mass is 79.9. The van der Waals surface area contributed by atoms with Crippen LogP contribution in [0.25, 0.3) is 11.1 Å². The van der Waals surface area contributed by atoms with Gasteiger partial charge in [-0.3, -0.25) is 14.5 Å². The molecule has 0 spiro atoms. The number of hydrogen-bond donors (Lipinski definition) is 0. The summed E-state index contributed by atoms with van der Waals surface area (Å²) in [5, 5.41) is 0.128. The van der Waals surface area contributed by atoms with Crippen molar-refractivity contribution in [2.24, 2.45) is 0 Å². The number of para-hydroxylation sites is 1. The minimum atomic E-state index is -0.197. The molecule has 0 saturated heterocycles. The number of rotatable bonds is 6. The average Bonchev–Trinajstić information content (AvgIpc) is 2.77. The normalized spacial score (nSPS) is 10.1. The van der Waals surface area contributed by atoms with E-state index in [1.165, 1.54) is 4.90 Å². The van der Waals surface area contributed by atoms with Crippen LogP contribution < -0.4 is 4.90 Å². The molecule has 0 saturated carbocycles. The summed E-state index contributed by atoms with van der Waals surface area (Å²) in [6, 6.07) is 24.5. The topological polar surface area (TPSA) is 37.4 Å². The van der Waals surface area contributed by atoms with Gasteiger partial charge in [-0.15, -0.1) is 6.42 Å². The minimum absolute atomic E-state index is 0.0989. The highest BCUT2D eigenvalue weighted by Gasteiger charge is 2.21. The third kappa shape index (κ3) is 4.21. The maximum atomic E-state index is 13.1. The van der Waals surface area contributed by atoms with Crippen LogP contribution in [0.2, 0.25) is 0 Å². The standard InChI is InChI=1S/C24H18BrNO2/c1-2-16-26(23(27)17-25)22-11-7-6-10-21(22)24(28)20-14-12-19(13-15-20)18-8-4-3-5-9-18/h1,3-15H,16-17H2. The zero-order valence-corrected chi connectivity index (χ0v) is 16.7. The van der Waals surface area contributed by atoms with E-state index in [4.69, 9.17) is 6.42 Å². The summed E-state index contributed by atoms with van der Waals surface area (Å²) < 4.78 is 0. The molecule has 3 rings (SSSR count). The first kappa shape index (κ1) is 19.6. The molecule has 0 bridgehead atoms. The maximum Gasteiger partial charge on any atom is 0.238 e. The molecule has 0 heterocycles. The Labute approximate surface area is 173 Å². The zero-order chi connectivity index (χ0) is 19.9. The number of anilines is 1. The first-order valence-electron chi connectivity index (χ1n) is 8.74. The van der Waals surface area contributed by atoms with Crippen molar-refractivity contribution in [2.75, 3.05) is 16.8 Å². The summed E-state index contributed by atoms with van der Waals surface area (Å²) in [6.07, 6.45) is 5.42. The molecule has 4 heteroatoms. The fraction of sp³-hybridized carbons (Fsp3) is 0.0833. The van der Waals surface area contributed by atoms with Crippen molar-refractivity contribution in [3.8, 4) is 23.5 Å². The number of benzene rings is 3. The maximum absolute atomic E-state index is 13.1. The fourth-order valence-corrected chi connectivity index (χ4v) is 3.28. The van der Waals surface area contributed by atoms with E-state index < -0.39 is 0 Å². The molecular formula is C24H18BrNO2. The van der Waals surface area contributed by atoms with Gasteiger partial charge in [0.1, 0.15) is 0 Å². The number of terminal acetylenes is 1. The van der Waals surface area contributed by atoms with Crippen LogP contribution >= 0.6 is 15.9 Å². The molecule has 3 nitrogen and oxygen atoms in total. The third-order valence-electron chi connectivity index (χ3n) is 4.36. The van der Waals surface area contributed by atoms with Crippen LogP contribution in [0.4, 0.5) is 5.69 Å². The van der Waals surface area contributed by atoms with Crippen molar-refractivity contribution in [3.63, 3.8) is 0 Å². The van der Waals surface area contributed by atoms with Crippen LogP contribution in [0.5, 0.6) is 0 Å². The minimum Gasteiger partial charge on any atom is -0.299 e. The van der Waals surface area contributed by atoms with Gasteiger partial charge >= 0.3 is 0 Å². The van der Waals surface area contributed by atoms with Crippen LogP contribution in [0, 0.1) is 12.3 Å². The monoisotopic (exact) mass is 431 g/mol. The average molecular weight is 432 g/mol. The lowest BCUT2D eigenvalue weighted by atomic mass is 9.98. The SMILES string of the molecule is C#CCN(C(=O)CBr)c1ccccc1C(=O)c1ccc(-c2ccccc2)cc1. The number of halogens is 1. The Morgan fingerprint density at radius 2 is 1.46 bits per heavy atom. The second kappa shape index (κ2) is 9.16. The summed E-state index contributed by atoms with van der Waals surface area (Å²) in [5.74, 6) is 2.14. The molecule has 0 aliphatic rings. The van der Waals surface area contributed by atoms with Gasteiger partial charge in [0.05, 0.1) is 17.6 Å². The van der Waals surface area contributed by atoms with E-state index >= 15 is 0 Å². The Kier molecular flexibility index (Phi) is 6.41. The molecule has 0 aliphatic carbocycles. The number of carbonyl (C=O) groups is 2. The van der Waals surface area contributed by atoms with Crippen LogP contribution in [0.1, 0.15) is 15.9 Å². The molecule has 0 fully saturated rings. The molecule has 28 heavy (non-hydrogen) atoms. The van der Waals surface area contributed by atoms with Crippen LogP contribution in [-0.4, -0.2) is 23.6 Å². The van der Waals surface area contributed by atoms with E-state index in [1.807, 2.05) is 42.5 Å². The molecule has 0 N–H and O–H groups in total. The summed E-state index contributed by atoms with van der Waals surface area (Å²) in [6.45, 7) is 0.0989. The number of nitrogens with zero attached hydrogens (tertiary/aromatic N) is 1. The molecule has 0 unspecified atom stereocenters. The molecule has 1 amide bonds. The Balaban J connectivity index is 1.95. The summed E-state index contributed by atoms with van der Waals surface area (Å²) in [4.78, 5) is 26.9. The molecule has 138 valence electrons. The fourth-order valence-electron chi connectivity index (χ4n) is 2.97. The lowest BCUT2D eigenvalue weighted by Gasteiger charge is -2.22. The van der Waals surface area contributed by atoms with Gasteiger partial charge in [0.15, 0.2) is 5.78 Å². The zero-order valence-electron chi connectivity index (χ0n) is 15.1. The molecule has 0 atom stereocenters.